The number of carbonyl (C=O) groups is 3. The molecule has 7 nitrogen and oxygen atoms in total. The van der Waals surface area contributed by atoms with Crippen molar-refractivity contribution >= 4 is 18.0 Å². The van der Waals surface area contributed by atoms with Gasteiger partial charge in [0.1, 0.15) is 18.2 Å². The molecule has 2 aromatic carbocycles. The number of benzene rings is 2. The van der Waals surface area contributed by atoms with Crippen LogP contribution in [-0.2, 0) is 27.4 Å². The molecule has 0 aromatic heterocycles. The van der Waals surface area contributed by atoms with Gasteiger partial charge < -0.3 is 20.1 Å². The molecule has 0 spiro atoms. The zero-order valence-electron chi connectivity index (χ0n) is 19.3. The number of ether oxygens (including phenoxy) is 2. The summed E-state index contributed by atoms with van der Waals surface area (Å²) < 4.78 is 10.6. The van der Waals surface area contributed by atoms with Crippen molar-refractivity contribution in [3.8, 4) is 0 Å². The molecular weight excluding hydrogens is 408 g/mol. The number of amides is 2. The third-order valence-corrected chi connectivity index (χ3v) is 4.49. The van der Waals surface area contributed by atoms with E-state index in [0.717, 1.165) is 11.1 Å². The third kappa shape index (κ3) is 8.41. The fourth-order valence-corrected chi connectivity index (χ4v) is 2.83. The Hall–Kier alpha value is -3.35. The average Bonchev–Trinajstić information content (AvgIpc) is 2.74. The fraction of sp³-hybridized carbons (Fsp3) is 0.400. The molecule has 0 fully saturated rings. The summed E-state index contributed by atoms with van der Waals surface area (Å²) in [6.07, 6.45) is -0.635. The predicted octanol–water partition coefficient (Wildman–Crippen LogP) is 4.21. The van der Waals surface area contributed by atoms with Crippen LogP contribution in [0, 0.1) is 5.92 Å². The van der Waals surface area contributed by atoms with Crippen molar-refractivity contribution in [2.75, 3.05) is 0 Å². The summed E-state index contributed by atoms with van der Waals surface area (Å²) in [5, 5.41) is 5.44. The van der Waals surface area contributed by atoms with Crippen molar-refractivity contribution in [1.82, 2.24) is 10.6 Å². The molecule has 2 rings (SSSR count). The monoisotopic (exact) mass is 440 g/mol. The van der Waals surface area contributed by atoms with E-state index in [4.69, 9.17) is 9.47 Å². The van der Waals surface area contributed by atoms with Gasteiger partial charge in [0.15, 0.2) is 0 Å². The summed E-state index contributed by atoms with van der Waals surface area (Å²) in [7, 11) is 0. The van der Waals surface area contributed by atoms with E-state index < -0.39 is 23.7 Å². The minimum absolute atomic E-state index is 0.121. The highest BCUT2D eigenvalue weighted by Crippen LogP contribution is 2.11. The van der Waals surface area contributed by atoms with Gasteiger partial charge in [-0.3, -0.25) is 4.79 Å². The Morgan fingerprint density at radius 2 is 1.53 bits per heavy atom. The second-order valence-electron chi connectivity index (χ2n) is 8.84. The number of carbonyl (C=O) groups excluding carboxylic acids is 3. The van der Waals surface area contributed by atoms with E-state index in [2.05, 4.69) is 10.6 Å². The Bertz CT molecular complexity index is 902. The van der Waals surface area contributed by atoms with Gasteiger partial charge in [-0.05, 0) is 49.9 Å². The SMILES string of the molecule is CC(C)[C@H](NC(=O)OC(C)(C)C)C(=O)NCc1ccc(C(=O)OCc2ccccc2)cc1. The first-order valence-corrected chi connectivity index (χ1v) is 10.6. The number of hydrogen-bond donors (Lipinski definition) is 2. The van der Waals surface area contributed by atoms with Gasteiger partial charge in [-0.1, -0.05) is 56.3 Å². The third-order valence-electron chi connectivity index (χ3n) is 4.49. The van der Waals surface area contributed by atoms with E-state index in [1.54, 1.807) is 45.0 Å². The quantitative estimate of drug-likeness (QED) is 0.600. The molecule has 1 atom stereocenters. The second kappa shape index (κ2) is 11.3. The summed E-state index contributed by atoms with van der Waals surface area (Å²) >= 11 is 0. The molecule has 2 amide bonds. The van der Waals surface area contributed by atoms with Gasteiger partial charge in [0.05, 0.1) is 5.56 Å². The molecule has 0 aliphatic heterocycles. The highest BCUT2D eigenvalue weighted by atomic mass is 16.6. The molecule has 0 saturated heterocycles. The van der Waals surface area contributed by atoms with Gasteiger partial charge in [0.2, 0.25) is 5.91 Å². The zero-order chi connectivity index (χ0) is 23.7. The topological polar surface area (TPSA) is 93.7 Å². The van der Waals surface area contributed by atoms with Crippen LogP contribution in [0.5, 0.6) is 0 Å². The molecule has 0 heterocycles. The Balaban J connectivity index is 1.87. The minimum Gasteiger partial charge on any atom is -0.457 e. The Kier molecular flexibility index (Phi) is 8.81. The van der Waals surface area contributed by atoms with Crippen molar-refractivity contribution < 1.29 is 23.9 Å². The Morgan fingerprint density at radius 3 is 2.09 bits per heavy atom. The first-order chi connectivity index (χ1) is 15.0. The van der Waals surface area contributed by atoms with Crippen molar-refractivity contribution in [3.05, 3.63) is 71.3 Å². The maximum Gasteiger partial charge on any atom is 0.408 e. The van der Waals surface area contributed by atoms with Crippen LogP contribution in [0.25, 0.3) is 0 Å². The normalized spacial score (nSPS) is 12.1. The van der Waals surface area contributed by atoms with Gasteiger partial charge in [-0.2, -0.15) is 0 Å². The van der Waals surface area contributed by atoms with E-state index in [-0.39, 0.29) is 25.0 Å². The first-order valence-electron chi connectivity index (χ1n) is 10.6. The number of hydrogen-bond acceptors (Lipinski definition) is 5. The largest absolute Gasteiger partial charge is 0.457 e. The van der Waals surface area contributed by atoms with E-state index in [9.17, 15) is 14.4 Å². The van der Waals surface area contributed by atoms with Crippen LogP contribution in [0.15, 0.2) is 54.6 Å². The Labute approximate surface area is 189 Å². The van der Waals surface area contributed by atoms with Crippen LogP contribution in [0.2, 0.25) is 0 Å². The predicted molar refractivity (Wildman–Crippen MR) is 122 cm³/mol. The highest BCUT2D eigenvalue weighted by Gasteiger charge is 2.26. The van der Waals surface area contributed by atoms with E-state index in [0.29, 0.717) is 5.56 Å². The maximum atomic E-state index is 12.6. The van der Waals surface area contributed by atoms with Crippen LogP contribution in [-0.4, -0.2) is 29.6 Å². The molecule has 0 saturated carbocycles. The van der Waals surface area contributed by atoms with Crippen LogP contribution in [0.3, 0.4) is 0 Å². The lowest BCUT2D eigenvalue weighted by Crippen LogP contribution is -2.50. The van der Waals surface area contributed by atoms with Gasteiger partial charge in [-0.25, -0.2) is 9.59 Å². The van der Waals surface area contributed by atoms with E-state index in [1.165, 1.54) is 0 Å². The van der Waals surface area contributed by atoms with Crippen LogP contribution < -0.4 is 10.6 Å². The molecule has 0 unspecified atom stereocenters. The molecule has 172 valence electrons. The summed E-state index contributed by atoms with van der Waals surface area (Å²) in [4.78, 5) is 36.9. The lowest BCUT2D eigenvalue weighted by molar-refractivity contribution is -0.124. The summed E-state index contributed by atoms with van der Waals surface area (Å²) in [5.74, 6) is -0.840. The van der Waals surface area contributed by atoms with Gasteiger partial charge >= 0.3 is 12.1 Å². The fourth-order valence-electron chi connectivity index (χ4n) is 2.83. The molecule has 0 radical (unpaired) electrons. The molecule has 0 bridgehead atoms. The first kappa shape index (κ1) is 24.9. The van der Waals surface area contributed by atoms with Crippen molar-refractivity contribution in [2.24, 2.45) is 5.92 Å². The van der Waals surface area contributed by atoms with Crippen LogP contribution in [0.4, 0.5) is 4.79 Å². The van der Waals surface area contributed by atoms with Crippen LogP contribution in [0.1, 0.15) is 56.1 Å². The lowest BCUT2D eigenvalue weighted by atomic mass is 10.0. The summed E-state index contributed by atoms with van der Waals surface area (Å²) in [6.45, 7) is 9.44. The van der Waals surface area contributed by atoms with Crippen molar-refractivity contribution in [1.29, 1.82) is 0 Å². The number of esters is 1. The molecule has 7 heteroatoms. The maximum absolute atomic E-state index is 12.6. The molecule has 2 N–H and O–H groups in total. The number of nitrogens with one attached hydrogen (secondary N) is 2. The summed E-state index contributed by atoms with van der Waals surface area (Å²) in [5.41, 5.74) is 1.52. The highest BCUT2D eigenvalue weighted by molar-refractivity contribution is 5.89. The van der Waals surface area contributed by atoms with E-state index >= 15 is 0 Å². The Morgan fingerprint density at radius 1 is 0.906 bits per heavy atom. The molecule has 0 aliphatic carbocycles. The number of rotatable bonds is 8. The van der Waals surface area contributed by atoms with Gasteiger partial charge in [-0.15, -0.1) is 0 Å². The van der Waals surface area contributed by atoms with Crippen LogP contribution >= 0.6 is 0 Å². The van der Waals surface area contributed by atoms with E-state index in [1.807, 2.05) is 44.2 Å². The van der Waals surface area contributed by atoms with Crippen molar-refractivity contribution in [3.63, 3.8) is 0 Å². The van der Waals surface area contributed by atoms with Gasteiger partial charge in [0.25, 0.3) is 0 Å². The molecule has 2 aromatic rings. The zero-order valence-corrected chi connectivity index (χ0v) is 19.3. The molecule has 0 aliphatic rings. The molecule has 32 heavy (non-hydrogen) atoms. The van der Waals surface area contributed by atoms with Crippen molar-refractivity contribution in [2.45, 2.75) is 59.4 Å². The second-order valence-corrected chi connectivity index (χ2v) is 8.84. The lowest BCUT2D eigenvalue weighted by Gasteiger charge is -2.25. The van der Waals surface area contributed by atoms with Gasteiger partial charge in [0, 0.05) is 6.54 Å². The minimum atomic E-state index is -0.725. The number of alkyl carbamates (subject to hydrolysis) is 1. The molecular formula is C25H32N2O5. The smallest absolute Gasteiger partial charge is 0.408 e. The standard InChI is InChI=1S/C25H32N2O5/c1-17(2)21(27-24(30)32-25(3,4)5)22(28)26-15-18-11-13-20(14-12-18)23(29)31-16-19-9-7-6-8-10-19/h6-14,17,21H,15-16H2,1-5H3,(H,26,28)(H,27,30)/t21-/m0/s1. The average molecular weight is 441 g/mol. The summed E-state index contributed by atoms with van der Waals surface area (Å²) in [6, 6.07) is 15.6.